The molecule has 0 unspecified atom stereocenters. The fraction of sp³-hybridized carbons (Fsp3) is 0.400. The molecule has 4 heteroatoms. The van der Waals surface area contributed by atoms with Crippen LogP contribution in [0.5, 0.6) is 0 Å². The van der Waals surface area contributed by atoms with Crippen molar-refractivity contribution < 1.29 is 27.5 Å². The number of hydrogen-bond acceptors (Lipinski definition) is 3. The van der Waals surface area contributed by atoms with Gasteiger partial charge in [0.2, 0.25) is 0 Å². The topological polar surface area (TPSA) is 26.7 Å². The zero-order valence-electron chi connectivity index (χ0n) is 11.5. The number of rotatable bonds is 3. The Bertz CT molecular complexity index is 414. The summed E-state index contributed by atoms with van der Waals surface area (Å²) in [6, 6.07) is 9.75. The van der Waals surface area contributed by atoms with Crippen LogP contribution in [0.15, 0.2) is 42.7 Å². The van der Waals surface area contributed by atoms with Crippen molar-refractivity contribution in [3.8, 4) is 0 Å². The van der Waals surface area contributed by atoms with Crippen LogP contribution in [-0.2, 0) is 22.4 Å². The van der Waals surface area contributed by atoms with E-state index in [0.29, 0.717) is 6.54 Å². The van der Waals surface area contributed by atoms with Crippen molar-refractivity contribution in [2.45, 2.75) is 32.4 Å². The molecule has 0 aliphatic carbocycles. The van der Waals surface area contributed by atoms with Gasteiger partial charge in [0.1, 0.15) is 0 Å². The molecule has 0 spiro atoms. The standard InChI is InChI=1S/C15H21N2O.Ag/c1-15(2,3)17-10-9-16(12-17)11-14(18)13-7-5-4-6-8-13;/h4-10,12,14,18H,11H2,1-3H3;/q-1;+1/t14-;/m1./s1. The summed E-state index contributed by atoms with van der Waals surface area (Å²) in [5.74, 6) is 0. The van der Waals surface area contributed by atoms with Crippen LogP contribution in [-0.4, -0.2) is 27.0 Å². The third-order valence-corrected chi connectivity index (χ3v) is 3.03. The van der Waals surface area contributed by atoms with E-state index in [1.807, 2.05) is 54.3 Å². The monoisotopic (exact) mass is 352 g/mol. The maximum Gasteiger partial charge on any atom is 1.00 e. The second kappa shape index (κ2) is 6.62. The first-order valence-corrected chi connectivity index (χ1v) is 6.27. The Labute approximate surface area is 131 Å². The molecule has 1 heterocycles. The molecule has 1 N–H and O–H groups in total. The molecule has 0 aromatic heterocycles. The summed E-state index contributed by atoms with van der Waals surface area (Å²) >= 11 is 0. The third kappa shape index (κ3) is 4.39. The van der Waals surface area contributed by atoms with Gasteiger partial charge in [-0.15, -0.1) is 0 Å². The van der Waals surface area contributed by atoms with Gasteiger partial charge < -0.3 is 14.9 Å². The minimum Gasteiger partial charge on any atom is -0.506 e. The Morgan fingerprint density at radius 3 is 2.32 bits per heavy atom. The minimum absolute atomic E-state index is 0. The fourth-order valence-corrected chi connectivity index (χ4v) is 1.88. The Morgan fingerprint density at radius 1 is 1.16 bits per heavy atom. The molecule has 0 saturated heterocycles. The van der Waals surface area contributed by atoms with Gasteiger partial charge in [-0.1, -0.05) is 30.3 Å². The average molecular weight is 353 g/mol. The smallest absolute Gasteiger partial charge is 0.506 e. The van der Waals surface area contributed by atoms with E-state index < -0.39 is 6.10 Å². The average Bonchev–Trinajstić information content (AvgIpc) is 2.78. The second-order valence-electron chi connectivity index (χ2n) is 5.61. The van der Waals surface area contributed by atoms with E-state index in [4.69, 9.17) is 0 Å². The molecular weight excluding hydrogens is 332 g/mol. The van der Waals surface area contributed by atoms with E-state index in [1.54, 1.807) is 0 Å². The van der Waals surface area contributed by atoms with Crippen LogP contribution in [0.2, 0.25) is 0 Å². The van der Waals surface area contributed by atoms with Crippen LogP contribution in [0, 0.1) is 6.67 Å². The molecule has 0 saturated carbocycles. The Morgan fingerprint density at radius 2 is 1.79 bits per heavy atom. The van der Waals surface area contributed by atoms with E-state index >= 15 is 0 Å². The number of aliphatic hydroxyl groups excluding tert-OH is 1. The fourth-order valence-electron chi connectivity index (χ4n) is 1.88. The van der Waals surface area contributed by atoms with Gasteiger partial charge in [-0.3, -0.25) is 0 Å². The van der Waals surface area contributed by atoms with Crippen molar-refractivity contribution in [1.82, 2.24) is 9.80 Å². The first kappa shape index (κ1) is 16.3. The number of benzene rings is 1. The molecule has 1 aromatic rings. The SMILES string of the molecule is CC(C)(C)N1C=CN(C[C@@H](O)c2ccccc2)[CH-]1.[Ag+]. The maximum absolute atomic E-state index is 10.2. The van der Waals surface area contributed by atoms with Gasteiger partial charge in [-0.05, 0) is 38.7 Å². The second-order valence-corrected chi connectivity index (χ2v) is 5.61. The minimum atomic E-state index is -0.466. The molecule has 108 valence electrons. The van der Waals surface area contributed by atoms with Crippen LogP contribution >= 0.6 is 0 Å². The molecule has 0 amide bonds. The van der Waals surface area contributed by atoms with E-state index in [9.17, 15) is 5.11 Å². The van der Waals surface area contributed by atoms with E-state index in [1.165, 1.54) is 0 Å². The summed E-state index contributed by atoms with van der Waals surface area (Å²) in [5, 5.41) is 10.2. The Kier molecular flexibility index (Phi) is 5.68. The van der Waals surface area contributed by atoms with Gasteiger partial charge in [0.05, 0.1) is 6.10 Å². The van der Waals surface area contributed by atoms with Crippen LogP contribution in [0.3, 0.4) is 0 Å². The summed E-state index contributed by atoms with van der Waals surface area (Å²) < 4.78 is 0. The Hall–Kier alpha value is -0.740. The maximum atomic E-state index is 10.2. The van der Waals surface area contributed by atoms with Gasteiger partial charge in [-0.25, -0.2) is 0 Å². The molecule has 3 nitrogen and oxygen atoms in total. The quantitative estimate of drug-likeness (QED) is 0.669. The van der Waals surface area contributed by atoms with Gasteiger partial charge in [0, 0.05) is 12.1 Å². The molecule has 0 bridgehead atoms. The first-order valence-electron chi connectivity index (χ1n) is 6.27. The molecule has 2 rings (SSSR count). The molecule has 19 heavy (non-hydrogen) atoms. The van der Waals surface area contributed by atoms with Crippen LogP contribution in [0.25, 0.3) is 0 Å². The van der Waals surface area contributed by atoms with Crippen molar-refractivity contribution in [3.63, 3.8) is 0 Å². The van der Waals surface area contributed by atoms with E-state index in [2.05, 4.69) is 25.7 Å². The van der Waals surface area contributed by atoms with Crippen molar-refractivity contribution in [3.05, 3.63) is 55.0 Å². The predicted octanol–water partition coefficient (Wildman–Crippen LogP) is 2.72. The van der Waals surface area contributed by atoms with Crippen LogP contribution in [0.4, 0.5) is 0 Å². The number of hydrogen-bond donors (Lipinski definition) is 1. The van der Waals surface area contributed by atoms with Gasteiger partial charge in [-0.2, -0.15) is 6.67 Å². The first-order chi connectivity index (χ1) is 8.47. The van der Waals surface area contributed by atoms with E-state index in [0.717, 1.165) is 5.56 Å². The van der Waals surface area contributed by atoms with Crippen LogP contribution in [0.1, 0.15) is 32.4 Å². The van der Waals surface area contributed by atoms with Gasteiger partial charge in [0.15, 0.2) is 0 Å². The van der Waals surface area contributed by atoms with Crippen LogP contribution < -0.4 is 0 Å². The van der Waals surface area contributed by atoms with Crippen molar-refractivity contribution in [2.24, 2.45) is 0 Å². The van der Waals surface area contributed by atoms with Crippen molar-refractivity contribution >= 4 is 0 Å². The third-order valence-electron chi connectivity index (χ3n) is 3.03. The molecule has 0 fully saturated rings. The zero-order chi connectivity index (χ0) is 13.2. The van der Waals surface area contributed by atoms with Gasteiger partial charge >= 0.3 is 22.4 Å². The molecular formula is C15H21AgN2O. The predicted molar refractivity (Wildman–Crippen MR) is 73.1 cm³/mol. The van der Waals surface area contributed by atoms with Crippen molar-refractivity contribution in [2.75, 3.05) is 6.54 Å². The summed E-state index contributed by atoms with van der Waals surface area (Å²) in [6.45, 7) is 9.08. The normalized spacial score (nSPS) is 16.4. The summed E-state index contributed by atoms with van der Waals surface area (Å²) in [5.41, 5.74) is 1.02. The zero-order valence-corrected chi connectivity index (χ0v) is 13.0. The van der Waals surface area contributed by atoms with Gasteiger partial charge in [0.25, 0.3) is 0 Å². The van der Waals surface area contributed by atoms with E-state index in [-0.39, 0.29) is 27.9 Å². The molecule has 1 aromatic carbocycles. The molecule has 1 atom stereocenters. The molecule has 1 aliphatic heterocycles. The number of β-amino-alcohol motifs (C(OH)–C–C–N with tert-alkyl or cyclic N) is 1. The molecule has 1 aliphatic rings. The number of aliphatic hydroxyl groups is 1. The number of nitrogens with zero attached hydrogens (tertiary/aromatic N) is 2. The molecule has 0 radical (unpaired) electrons. The summed E-state index contributed by atoms with van der Waals surface area (Å²) in [7, 11) is 0. The largest absolute Gasteiger partial charge is 1.00 e. The summed E-state index contributed by atoms with van der Waals surface area (Å²) in [6.07, 6.45) is 3.57. The van der Waals surface area contributed by atoms with Crippen molar-refractivity contribution in [1.29, 1.82) is 0 Å². The Balaban J connectivity index is 0.00000180. The summed E-state index contributed by atoms with van der Waals surface area (Å²) in [4.78, 5) is 4.16.